The maximum Gasteiger partial charge on any atom is 0.146 e. The van der Waals surface area contributed by atoms with Gasteiger partial charge in [-0.25, -0.2) is 4.98 Å². The summed E-state index contributed by atoms with van der Waals surface area (Å²) >= 11 is 0. The Morgan fingerprint density at radius 1 is 0.527 bits per heavy atom. The van der Waals surface area contributed by atoms with Crippen molar-refractivity contribution in [2.24, 2.45) is 0 Å². The fraction of sp³-hybridized carbons (Fsp3) is 0.160. The molecule has 0 aliphatic rings. The van der Waals surface area contributed by atoms with Crippen LogP contribution in [0, 0.1) is 0 Å². The molecule has 0 atom stereocenters. The molecule has 0 radical (unpaired) electrons. The fourth-order valence-corrected chi connectivity index (χ4v) is 8.22. The monoisotopic (exact) mass is 714 g/mol. The van der Waals surface area contributed by atoms with Crippen LogP contribution in [0.3, 0.4) is 0 Å². The first kappa shape index (κ1) is 33.1. The molecule has 0 N–H and O–H groups in total. The number of imidazole rings is 1. The van der Waals surface area contributed by atoms with Crippen LogP contribution in [0.15, 0.2) is 146 Å². The number of aromatic nitrogens is 4. The summed E-state index contributed by atoms with van der Waals surface area (Å²) in [4.78, 5) is 10.1. The van der Waals surface area contributed by atoms with Gasteiger partial charge in [-0.15, -0.1) is 0 Å². The Labute approximate surface area is 320 Å². The van der Waals surface area contributed by atoms with Crippen molar-refractivity contribution in [1.82, 2.24) is 18.9 Å². The molecule has 268 valence electrons. The van der Waals surface area contributed by atoms with Crippen molar-refractivity contribution in [2.45, 2.75) is 52.4 Å². The van der Waals surface area contributed by atoms with Crippen LogP contribution >= 0.6 is 0 Å². The van der Waals surface area contributed by atoms with Crippen molar-refractivity contribution in [3.05, 3.63) is 157 Å². The molecule has 6 aromatic carbocycles. The van der Waals surface area contributed by atoms with Gasteiger partial charge in [0.05, 0.1) is 33.3 Å². The van der Waals surface area contributed by atoms with E-state index >= 15 is 0 Å². The Morgan fingerprint density at radius 2 is 1.25 bits per heavy atom. The molecule has 0 fully saturated rings. The van der Waals surface area contributed by atoms with E-state index < -0.39 is 0 Å². The Bertz CT molecular complexity index is 3140. The van der Waals surface area contributed by atoms with E-state index in [9.17, 15) is 0 Å². The standard InChI is InChI=1S/C50H42N4O/c1-49(2,3)32-24-25-51-42(29-32)31-26-33(50(4,5)6)28-36(27-31)55-35-20-21-37-38-22-23-45-46(39-16-10-12-18-43(39)53(45)34-14-8-7-9-15-34)47(38)54-44-19-13-11-17-41(44)52-48(54)40(37)30-35/h7-30H,1-6H3. The molecule has 0 unspecified atom stereocenters. The minimum absolute atomic E-state index is 0.0155. The van der Waals surface area contributed by atoms with Crippen LogP contribution in [0.5, 0.6) is 11.5 Å². The van der Waals surface area contributed by atoms with Crippen LogP contribution in [0.25, 0.3) is 77.1 Å². The Hall–Kier alpha value is -6.46. The number of hydrogen-bond donors (Lipinski definition) is 0. The molecule has 0 saturated carbocycles. The fourth-order valence-electron chi connectivity index (χ4n) is 8.22. The van der Waals surface area contributed by atoms with Crippen molar-refractivity contribution in [3.63, 3.8) is 0 Å². The van der Waals surface area contributed by atoms with Gasteiger partial charge in [0, 0.05) is 39.0 Å². The predicted molar refractivity (Wildman–Crippen MR) is 229 cm³/mol. The lowest BCUT2D eigenvalue weighted by molar-refractivity contribution is 0.479. The zero-order valence-electron chi connectivity index (χ0n) is 32.1. The third-order valence-corrected chi connectivity index (χ3v) is 11.1. The molecule has 10 rings (SSSR count). The van der Waals surface area contributed by atoms with E-state index in [1.807, 2.05) is 6.20 Å². The molecule has 4 heterocycles. The van der Waals surface area contributed by atoms with E-state index in [0.717, 1.165) is 66.9 Å². The van der Waals surface area contributed by atoms with E-state index in [1.165, 1.54) is 32.8 Å². The molecule has 4 aromatic heterocycles. The molecule has 0 spiro atoms. The highest BCUT2D eigenvalue weighted by Crippen LogP contribution is 2.43. The summed E-state index contributed by atoms with van der Waals surface area (Å²) in [7, 11) is 0. The van der Waals surface area contributed by atoms with E-state index in [1.54, 1.807) is 0 Å². The highest BCUT2D eigenvalue weighted by molar-refractivity contribution is 6.26. The van der Waals surface area contributed by atoms with Gasteiger partial charge in [0.1, 0.15) is 17.1 Å². The largest absolute Gasteiger partial charge is 0.457 e. The SMILES string of the molecule is CC(C)(C)c1cc(Oc2ccc3c(c2)c2nc4ccccc4n2c2c3ccc3c2c2ccccc2n3-c2ccccc2)cc(-c2cc(C(C)(C)C)ccn2)c1. The number of pyridine rings is 2. The summed E-state index contributed by atoms with van der Waals surface area (Å²) in [6, 6.07) is 49.7. The Kier molecular flexibility index (Phi) is 7.24. The number of hydrogen-bond acceptors (Lipinski definition) is 3. The number of para-hydroxylation sites is 4. The maximum absolute atomic E-state index is 6.83. The van der Waals surface area contributed by atoms with Gasteiger partial charge in [0.2, 0.25) is 0 Å². The van der Waals surface area contributed by atoms with Crippen LogP contribution in [0.2, 0.25) is 0 Å². The minimum Gasteiger partial charge on any atom is -0.457 e. The minimum atomic E-state index is -0.0881. The van der Waals surface area contributed by atoms with Crippen molar-refractivity contribution in [3.8, 4) is 28.4 Å². The van der Waals surface area contributed by atoms with Crippen LogP contribution in [0.4, 0.5) is 0 Å². The number of fused-ring (bicyclic) bond motifs is 12. The predicted octanol–water partition coefficient (Wildman–Crippen LogP) is 13.3. The van der Waals surface area contributed by atoms with Gasteiger partial charge >= 0.3 is 0 Å². The molecule has 0 aliphatic heterocycles. The second kappa shape index (κ2) is 12.0. The van der Waals surface area contributed by atoms with E-state index in [2.05, 4.69) is 190 Å². The second-order valence-electron chi connectivity index (χ2n) is 16.8. The third kappa shape index (κ3) is 5.37. The number of ether oxygens (including phenoxy) is 1. The van der Waals surface area contributed by atoms with Crippen LogP contribution in [-0.2, 0) is 10.8 Å². The van der Waals surface area contributed by atoms with Crippen molar-refractivity contribution in [2.75, 3.05) is 0 Å². The van der Waals surface area contributed by atoms with Crippen LogP contribution in [-0.4, -0.2) is 18.9 Å². The summed E-state index contributed by atoms with van der Waals surface area (Å²) < 4.78 is 11.6. The molecule has 0 saturated heterocycles. The quantitative estimate of drug-likeness (QED) is 0.171. The first-order chi connectivity index (χ1) is 26.5. The zero-order chi connectivity index (χ0) is 37.6. The highest BCUT2D eigenvalue weighted by atomic mass is 16.5. The van der Waals surface area contributed by atoms with Gasteiger partial charge in [0.25, 0.3) is 0 Å². The number of benzene rings is 6. The van der Waals surface area contributed by atoms with Crippen LogP contribution in [0.1, 0.15) is 52.7 Å². The lowest BCUT2D eigenvalue weighted by Gasteiger charge is -2.22. The topological polar surface area (TPSA) is 44.4 Å². The molecule has 10 aromatic rings. The first-order valence-corrected chi connectivity index (χ1v) is 19.1. The molecule has 0 amide bonds. The normalized spacial score (nSPS) is 12.5. The van der Waals surface area contributed by atoms with Crippen molar-refractivity contribution < 1.29 is 4.74 Å². The molecular weight excluding hydrogens is 673 g/mol. The molecule has 55 heavy (non-hydrogen) atoms. The average molecular weight is 715 g/mol. The van der Waals surface area contributed by atoms with Gasteiger partial charge < -0.3 is 9.30 Å². The molecule has 5 nitrogen and oxygen atoms in total. The second-order valence-corrected chi connectivity index (χ2v) is 16.8. The maximum atomic E-state index is 6.83. The molecule has 0 bridgehead atoms. The summed E-state index contributed by atoms with van der Waals surface area (Å²) in [6.07, 6.45) is 1.92. The Morgan fingerprint density at radius 3 is 2.05 bits per heavy atom. The van der Waals surface area contributed by atoms with E-state index in [4.69, 9.17) is 14.7 Å². The van der Waals surface area contributed by atoms with Gasteiger partial charge in [-0.3, -0.25) is 9.38 Å². The lowest BCUT2D eigenvalue weighted by Crippen LogP contribution is -2.12. The molecular formula is C50H42N4O. The van der Waals surface area contributed by atoms with Gasteiger partial charge in [-0.1, -0.05) is 96.1 Å². The first-order valence-electron chi connectivity index (χ1n) is 19.1. The number of rotatable bonds is 4. The molecule has 0 aliphatic carbocycles. The van der Waals surface area contributed by atoms with E-state index in [0.29, 0.717) is 0 Å². The smallest absolute Gasteiger partial charge is 0.146 e. The zero-order valence-corrected chi connectivity index (χ0v) is 32.1. The summed E-state index contributed by atoms with van der Waals surface area (Å²) in [5, 5.41) is 5.77. The average Bonchev–Trinajstić information content (AvgIpc) is 3.74. The Balaban J connectivity index is 1.21. The highest BCUT2D eigenvalue weighted by Gasteiger charge is 2.22. The van der Waals surface area contributed by atoms with Crippen molar-refractivity contribution in [1.29, 1.82) is 0 Å². The summed E-state index contributed by atoms with van der Waals surface area (Å²) in [5.74, 6) is 1.54. The number of nitrogens with zero attached hydrogens (tertiary/aromatic N) is 4. The summed E-state index contributed by atoms with van der Waals surface area (Å²) in [5.41, 5.74) is 11.9. The summed E-state index contributed by atoms with van der Waals surface area (Å²) in [6.45, 7) is 13.4. The third-order valence-electron chi connectivity index (χ3n) is 11.1. The van der Waals surface area contributed by atoms with Crippen molar-refractivity contribution >= 4 is 60.2 Å². The van der Waals surface area contributed by atoms with Crippen LogP contribution < -0.4 is 4.74 Å². The molecule has 5 heteroatoms. The lowest BCUT2D eigenvalue weighted by atomic mass is 9.84. The van der Waals surface area contributed by atoms with Gasteiger partial charge in [-0.05, 0) is 112 Å². The van der Waals surface area contributed by atoms with Gasteiger partial charge in [0.15, 0.2) is 0 Å². The van der Waals surface area contributed by atoms with E-state index in [-0.39, 0.29) is 10.8 Å². The van der Waals surface area contributed by atoms with Gasteiger partial charge in [-0.2, -0.15) is 0 Å².